The number of benzene rings is 1. The van der Waals surface area contributed by atoms with Gasteiger partial charge in [0.25, 0.3) is 0 Å². The highest BCUT2D eigenvalue weighted by Gasteiger charge is 2.40. The maximum Gasteiger partial charge on any atom is 0.420 e. The van der Waals surface area contributed by atoms with Crippen molar-refractivity contribution in [2.75, 3.05) is 13.7 Å². The van der Waals surface area contributed by atoms with E-state index in [-0.39, 0.29) is 18.1 Å². The van der Waals surface area contributed by atoms with Gasteiger partial charge < -0.3 is 18.6 Å². The van der Waals surface area contributed by atoms with Crippen LogP contribution in [0.1, 0.15) is 59.9 Å². The molecule has 0 bridgehead atoms. The first-order valence-electron chi connectivity index (χ1n) is 11.5. The van der Waals surface area contributed by atoms with Gasteiger partial charge in [-0.2, -0.15) is 4.90 Å². The van der Waals surface area contributed by atoms with Gasteiger partial charge in [0, 0.05) is 6.61 Å². The number of hydrogen-bond acceptors (Lipinski definition) is 7. The molecule has 1 rings (SSSR count). The van der Waals surface area contributed by atoms with Crippen molar-refractivity contribution in [2.45, 2.75) is 90.8 Å². The van der Waals surface area contributed by atoms with E-state index in [1.807, 2.05) is 18.2 Å². The summed E-state index contributed by atoms with van der Waals surface area (Å²) in [5, 5.41) is 0.0402. The minimum Gasteiger partial charge on any atom is -0.467 e. The zero-order chi connectivity index (χ0) is 26.2. The molecular weight excluding hydrogens is 454 g/mol. The smallest absolute Gasteiger partial charge is 0.420 e. The molecule has 0 saturated carbocycles. The van der Waals surface area contributed by atoms with Crippen molar-refractivity contribution >= 4 is 26.5 Å². The van der Waals surface area contributed by atoms with Crippen LogP contribution in [0.5, 0.6) is 0 Å². The standard InChI is InChI=1S/C25H41NO7Si/c1-24(2,3)33-23(29)26(22(28)31-18-19-14-11-10-12-15-19)20(21(27)30-7)16-13-17-32-34(8,9)25(4,5)6/h10-12,14-15,20H,13,16-18H2,1-9H3/t20-/m1/s1. The van der Waals surface area contributed by atoms with Gasteiger partial charge in [0.05, 0.1) is 7.11 Å². The average Bonchev–Trinajstić information content (AvgIpc) is 2.72. The van der Waals surface area contributed by atoms with Crippen LogP contribution in [0, 0.1) is 0 Å². The molecule has 0 aliphatic rings. The summed E-state index contributed by atoms with van der Waals surface area (Å²) in [6, 6.07) is 7.86. The molecule has 0 aromatic heterocycles. The summed E-state index contributed by atoms with van der Waals surface area (Å²) in [6.45, 7) is 16.1. The van der Waals surface area contributed by atoms with Crippen molar-refractivity contribution < 1.29 is 33.0 Å². The number of methoxy groups -OCH3 is 1. The molecule has 0 saturated heterocycles. The van der Waals surface area contributed by atoms with E-state index >= 15 is 0 Å². The lowest BCUT2D eigenvalue weighted by Gasteiger charge is -2.36. The van der Waals surface area contributed by atoms with E-state index in [9.17, 15) is 14.4 Å². The van der Waals surface area contributed by atoms with E-state index in [0.29, 0.717) is 17.9 Å². The SMILES string of the molecule is COC(=O)[C@@H](CCCO[Si](C)(C)C(C)(C)C)N(C(=O)OCc1ccccc1)C(=O)OC(C)(C)C. The van der Waals surface area contributed by atoms with Crippen LogP contribution in [0.25, 0.3) is 0 Å². The van der Waals surface area contributed by atoms with Crippen molar-refractivity contribution in [3.63, 3.8) is 0 Å². The fourth-order valence-electron chi connectivity index (χ4n) is 2.74. The average molecular weight is 496 g/mol. The van der Waals surface area contributed by atoms with E-state index in [0.717, 1.165) is 5.56 Å². The molecular formula is C25H41NO7Si. The highest BCUT2D eigenvalue weighted by atomic mass is 28.4. The second kappa shape index (κ2) is 12.4. The van der Waals surface area contributed by atoms with Crippen molar-refractivity contribution in [1.29, 1.82) is 0 Å². The predicted molar refractivity (Wildman–Crippen MR) is 133 cm³/mol. The Morgan fingerprint density at radius 3 is 2.06 bits per heavy atom. The van der Waals surface area contributed by atoms with E-state index in [2.05, 4.69) is 33.9 Å². The molecule has 9 heteroatoms. The van der Waals surface area contributed by atoms with Crippen molar-refractivity contribution in [1.82, 2.24) is 4.90 Å². The van der Waals surface area contributed by atoms with Gasteiger partial charge in [-0.1, -0.05) is 51.1 Å². The molecule has 0 unspecified atom stereocenters. The molecule has 2 amide bonds. The summed E-state index contributed by atoms with van der Waals surface area (Å²) >= 11 is 0. The van der Waals surface area contributed by atoms with Crippen LogP contribution < -0.4 is 0 Å². The Bertz CT molecular complexity index is 813. The summed E-state index contributed by atoms with van der Waals surface area (Å²) in [5.41, 5.74) is -0.126. The Morgan fingerprint density at radius 2 is 1.56 bits per heavy atom. The summed E-state index contributed by atoms with van der Waals surface area (Å²) in [4.78, 5) is 39.3. The van der Waals surface area contributed by atoms with E-state index in [1.165, 1.54) is 7.11 Å². The van der Waals surface area contributed by atoms with Gasteiger partial charge in [-0.05, 0) is 57.3 Å². The molecule has 1 aromatic carbocycles. The first kappa shape index (κ1) is 29.6. The molecule has 0 radical (unpaired) electrons. The van der Waals surface area contributed by atoms with Crippen LogP contribution in [-0.4, -0.2) is 56.7 Å². The van der Waals surface area contributed by atoms with Crippen LogP contribution in [0.2, 0.25) is 18.1 Å². The first-order chi connectivity index (χ1) is 15.6. The molecule has 0 fully saturated rings. The molecule has 0 aliphatic carbocycles. The van der Waals surface area contributed by atoms with Gasteiger partial charge in [-0.15, -0.1) is 0 Å². The second-order valence-electron chi connectivity index (χ2n) is 10.7. The Morgan fingerprint density at radius 1 is 0.971 bits per heavy atom. The fraction of sp³-hybridized carbons (Fsp3) is 0.640. The van der Waals surface area contributed by atoms with Gasteiger partial charge in [-0.25, -0.2) is 14.4 Å². The third-order valence-corrected chi connectivity index (χ3v) is 10.2. The maximum atomic E-state index is 13.0. The molecule has 1 atom stereocenters. The lowest BCUT2D eigenvalue weighted by atomic mass is 10.1. The van der Waals surface area contributed by atoms with Crippen LogP contribution in [0.3, 0.4) is 0 Å². The number of ether oxygens (including phenoxy) is 3. The zero-order valence-electron chi connectivity index (χ0n) is 22.1. The number of esters is 1. The van der Waals surface area contributed by atoms with Gasteiger partial charge in [0.15, 0.2) is 8.32 Å². The zero-order valence-corrected chi connectivity index (χ0v) is 23.1. The lowest BCUT2D eigenvalue weighted by molar-refractivity contribution is -0.146. The minimum atomic E-state index is -1.98. The van der Waals surface area contributed by atoms with Crippen LogP contribution in [-0.2, 0) is 30.0 Å². The first-order valence-corrected chi connectivity index (χ1v) is 14.4. The van der Waals surface area contributed by atoms with Gasteiger partial charge in [0.2, 0.25) is 0 Å². The number of nitrogens with zero attached hydrogens (tertiary/aromatic N) is 1. The molecule has 192 valence electrons. The molecule has 0 heterocycles. The number of carbonyl (C=O) groups excluding carboxylic acids is 3. The van der Waals surface area contributed by atoms with Gasteiger partial charge in [-0.3, -0.25) is 0 Å². The summed E-state index contributed by atoms with van der Waals surface area (Å²) in [7, 11) is -0.766. The third kappa shape index (κ3) is 9.46. The van der Waals surface area contributed by atoms with Crippen LogP contribution in [0.15, 0.2) is 30.3 Å². The van der Waals surface area contributed by atoms with E-state index in [4.69, 9.17) is 18.6 Å². The molecule has 1 aromatic rings. The number of hydrogen-bond donors (Lipinski definition) is 0. The lowest BCUT2D eigenvalue weighted by Crippen LogP contribution is -2.51. The predicted octanol–water partition coefficient (Wildman–Crippen LogP) is 5.90. The van der Waals surface area contributed by atoms with Crippen molar-refractivity contribution in [3.8, 4) is 0 Å². The van der Waals surface area contributed by atoms with Crippen molar-refractivity contribution in [3.05, 3.63) is 35.9 Å². The Kier molecular flexibility index (Phi) is 10.8. The number of amides is 2. The number of carbonyl (C=O) groups is 3. The van der Waals surface area contributed by atoms with Crippen LogP contribution in [0.4, 0.5) is 9.59 Å². The van der Waals surface area contributed by atoms with E-state index < -0.39 is 38.1 Å². The minimum absolute atomic E-state index is 0.0402. The molecule has 0 aliphatic heterocycles. The quantitative estimate of drug-likeness (QED) is 0.182. The van der Waals surface area contributed by atoms with Crippen molar-refractivity contribution in [2.24, 2.45) is 0 Å². The maximum absolute atomic E-state index is 13.0. The normalized spacial score (nSPS) is 13.1. The van der Waals surface area contributed by atoms with Gasteiger partial charge in [0.1, 0.15) is 18.2 Å². The molecule has 8 nitrogen and oxygen atoms in total. The summed E-state index contributed by atoms with van der Waals surface area (Å²) in [6.07, 6.45) is -1.34. The highest BCUT2D eigenvalue weighted by Crippen LogP contribution is 2.36. The monoisotopic (exact) mass is 495 g/mol. The van der Waals surface area contributed by atoms with E-state index in [1.54, 1.807) is 32.9 Å². The topological polar surface area (TPSA) is 91.4 Å². The highest BCUT2D eigenvalue weighted by molar-refractivity contribution is 6.74. The molecule has 0 spiro atoms. The largest absolute Gasteiger partial charge is 0.467 e. The van der Waals surface area contributed by atoms with Gasteiger partial charge >= 0.3 is 18.2 Å². The Balaban J connectivity index is 3.04. The number of rotatable bonds is 9. The Labute approximate surface area is 205 Å². The Hall–Kier alpha value is -2.39. The summed E-state index contributed by atoms with van der Waals surface area (Å²) in [5.74, 6) is -0.727. The summed E-state index contributed by atoms with van der Waals surface area (Å²) < 4.78 is 21.9. The number of imide groups is 1. The molecule has 34 heavy (non-hydrogen) atoms. The van der Waals surface area contributed by atoms with Crippen LogP contribution >= 0.6 is 0 Å². The third-order valence-electron chi connectivity index (χ3n) is 5.67. The molecule has 0 N–H and O–H groups in total. The second-order valence-corrected chi connectivity index (χ2v) is 15.5. The fourth-order valence-corrected chi connectivity index (χ4v) is 3.83.